The molecule has 0 spiro atoms. The molecular weight excluding hydrogens is 484 g/mol. The first kappa shape index (κ1) is 27.5. The summed E-state index contributed by atoms with van der Waals surface area (Å²) in [5, 5.41) is 3.96. The first-order valence-corrected chi connectivity index (χ1v) is 11.7. The van der Waals surface area contributed by atoms with Crippen molar-refractivity contribution in [1.29, 1.82) is 0 Å². The number of esters is 1. The number of primary amides is 1. The van der Waals surface area contributed by atoms with Gasteiger partial charge in [0.2, 0.25) is 17.7 Å². The highest BCUT2D eigenvalue weighted by Crippen LogP contribution is 2.30. The molecule has 1 aliphatic rings. The number of aromatic nitrogens is 1. The molecule has 0 radical (unpaired) electrons. The molecule has 1 aromatic carbocycles. The average molecular weight is 517 g/mol. The van der Waals surface area contributed by atoms with Crippen molar-refractivity contribution in [2.75, 3.05) is 20.8 Å². The van der Waals surface area contributed by atoms with Crippen LogP contribution < -0.4 is 20.5 Å². The number of hydrogen-bond donors (Lipinski definition) is 2. The quantitative estimate of drug-likeness (QED) is 0.496. The summed E-state index contributed by atoms with van der Waals surface area (Å²) in [6, 6.07) is 4.85. The van der Waals surface area contributed by atoms with Crippen LogP contribution in [-0.4, -0.2) is 78.3 Å². The molecule has 2 aromatic rings. The highest BCUT2D eigenvalue weighted by molar-refractivity contribution is 5.94. The van der Waals surface area contributed by atoms with E-state index in [4.69, 9.17) is 19.9 Å². The lowest BCUT2D eigenvalue weighted by atomic mass is 10.1. The van der Waals surface area contributed by atoms with Gasteiger partial charge in [-0.3, -0.25) is 14.4 Å². The number of amides is 3. The molecule has 2 heterocycles. The number of likely N-dealkylation sites (tertiary alicyclic amines) is 1. The number of hydrogen-bond acceptors (Lipinski definition) is 9. The molecule has 1 saturated heterocycles. The zero-order chi connectivity index (χ0) is 27.3. The Balaban J connectivity index is 1.82. The fourth-order valence-electron chi connectivity index (χ4n) is 4.00. The molecule has 200 valence electrons. The third-order valence-corrected chi connectivity index (χ3v) is 5.68. The van der Waals surface area contributed by atoms with E-state index in [9.17, 15) is 19.2 Å². The Morgan fingerprint density at radius 3 is 2.54 bits per heavy atom. The summed E-state index contributed by atoms with van der Waals surface area (Å²) < 4.78 is 21.2. The van der Waals surface area contributed by atoms with Gasteiger partial charge in [-0.05, 0) is 50.4 Å². The second-order valence-corrected chi connectivity index (χ2v) is 9.57. The molecule has 3 amide bonds. The number of rotatable bonds is 8. The summed E-state index contributed by atoms with van der Waals surface area (Å²) in [4.78, 5) is 55.5. The van der Waals surface area contributed by atoms with Crippen LogP contribution in [0.5, 0.6) is 11.6 Å². The molecule has 12 heteroatoms. The molecule has 1 fully saturated rings. The molecule has 1 aromatic heterocycles. The van der Waals surface area contributed by atoms with E-state index >= 15 is 0 Å². The van der Waals surface area contributed by atoms with Crippen LogP contribution in [-0.2, 0) is 23.9 Å². The van der Waals surface area contributed by atoms with Crippen molar-refractivity contribution in [3.63, 3.8) is 0 Å². The lowest BCUT2D eigenvalue weighted by molar-refractivity contribution is -0.146. The van der Waals surface area contributed by atoms with Gasteiger partial charge in [-0.2, -0.15) is 0 Å². The second kappa shape index (κ2) is 11.3. The van der Waals surface area contributed by atoms with Crippen molar-refractivity contribution in [2.24, 2.45) is 5.73 Å². The number of carbonyl (C=O) groups is 4. The number of methoxy groups -OCH3 is 2. The molecule has 0 bridgehead atoms. The van der Waals surface area contributed by atoms with E-state index in [-0.39, 0.29) is 13.0 Å². The first-order valence-electron chi connectivity index (χ1n) is 11.7. The minimum absolute atomic E-state index is 0.0195. The number of nitrogens with zero attached hydrogens (tertiary/aromatic N) is 2. The van der Waals surface area contributed by atoms with Crippen LogP contribution in [0.2, 0.25) is 0 Å². The normalized spacial score (nSPS) is 18.1. The van der Waals surface area contributed by atoms with Crippen LogP contribution in [0.15, 0.2) is 30.5 Å². The maximum Gasteiger partial charge on any atom is 0.408 e. The minimum Gasteiger partial charge on any atom is -0.497 e. The molecule has 37 heavy (non-hydrogen) atoms. The van der Waals surface area contributed by atoms with Crippen LogP contribution in [0, 0.1) is 0 Å². The van der Waals surface area contributed by atoms with Gasteiger partial charge < -0.3 is 34.9 Å². The number of fused-ring (bicyclic) bond motifs is 1. The highest BCUT2D eigenvalue weighted by atomic mass is 16.6. The van der Waals surface area contributed by atoms with Crippen molar-refractivity contribution < 1.29 is 38.1 Å². The van der Waals surface area contributed by atoms with Crippen molar-refractivity contribution >= 4 is 34.6 Å². The molecule has 0 unspecified atom stereocenters. The summed E-state index contributed by atoms with van der Waals surface area (Å²) in [5.41, 5.74) is 4.76. The SMILES string of the molecule is COC(=O)C[C@H](NC(=O)OC(C)(C)C)C(=O)N1C[C@H](Oc2nccc3cc(OC)ccc23)C[C@H]1C(N)=O. The molecule has 0 aliphatic carbocycles. The summed E-state index contributed by atoms with van der Waals surface area (Å²) in [6.45, 7) is 4.96. The Morgan fingerprint density at radius 2 is 1.92 bits per heavy atom. The van der Waals surface area contributed by atoms with E-state index in [1.165, 1.54) is 4.90 Å². The first-order chi connectivity index (χ1) is 17.4. The van der Waals surface area contributed by atoms with Crippen molar-refractivity contribution in [2.45, 2.75) is 57.4 Å². The van der Waals surface area contributed by atoms with Crippen molar-refractivity contribution in [3.05, 3.63) is 30.5 Å². The highest BCUT2D eigenvalue weighted by Gasteiger charge is 2.43. The molecule has 1 aliphatic heterocycles. The van der Waals surface area contributed by atoms with Gasteiger partial charge in [0.05, 0.1) is 27.2 Å². The Kier molecular flexibility index (Phi) is 8.41. The number of nitrogens with two attached hydrogens (primary N) is 1. The van der Waals surface area contributed by atoms with Gasteiger partial charge in [-0.1, -0.05) is 0 Å². The Labute approximate surface area is 214 Å². The molecule has 3 atom stereocenters. The van der Waals surface area contributed by atoms with Crippen molar-refractivity contribution in [3.8, 4) is 11.6 Å². The van der Waals surface area contributed by atoms with Crippen LogP contribution in [0.25, 0.3) is 10.8 Å². The third kappa shape index (κ3) is 6.99. The summed E-state index contributed by atoms with van der Waals surface area (Å²) in [7, 11) is 2.73. The number of pyridine rings is 1. The summed E-state index contributed by atoms with van der Waals surface area (Å²) in [5.74, 6) is -1.18. The standard InChI is InChI=1S/C25H32N4O8/c1-25(2,3)37-24(33)28-18(12-20(30)35-5)23(32)29-13-16(11-19(29)21(26)31)36-22-17-7-6-15(34-4)10-14(17)8-9-27-22/h6-10,16,18-19H,11-13H2,1-5H3,(H2,26,31)(H,28,33)/t16-,18+,19+/m1/s1. The van der Waals surface area contributed by atoms with Crippen molar-refractivity contribution in [1.82, 2.24) is 15.2 Å². The maximum atomic E-state index is 13.4. The van der Waals surface area contributed by atoms with E-state index in [1.807, 2.05) is 6.07 Å². The van der Waals surface area contributed by atoms with E-state index in [0.29, 0.717) is 11.6 Å². The average Bonchev–Trinajstić information content (AvgIpc) is 3.25. The van der Waals surface area contributed by atoms with Crippen LogP contribution in [0.4, 0.5) is 4.79 Å². The fraction of sp³-hybridized carbons (Fsp3) is 0.480. The van der Waals surface area contributed by atoms with E-state index in [2.05, 4.69) is 15.0 Å². The zero-order valence-electron chi connectivity index (χ0n) is 21.5. The number of benzene rings is 1. The number of alkyl carbamates (subject to hydrolysis) is 1. The lowest BCUT2D eigenvalue weighted by Gasteiger charge is -2.28. The van der Waals surface area contributed by atoms with Gasteiger partial charge in [0.15, 0.2) is 0 Å². The van der Waals surface area contributed by atoms with Crippen LogP contribution in [0.1, 0.15) is 33.6 Å². The molecule has 3 rings (SSSR count). The maximum absolute atomic E-state index is 13.4. The zero-order valence-corrected chi connectivity index (χ0v) is 21.5. The molecule has 0 saturated carbocycles. The number of ether oxygens (including phenoxy) is 4. The van der Waals surface area contributed by atoms with E-state index < -0.39 is 54.1 Å². The Morgan fingerprint density at radius 1 is 1.19 bits per heavy atom. The van der Waals surface area contributed by atoms with Gasteiger partial charge in [0.25, 0.3) is 0 Å². The second-order valence-electron chi connectivity index (χ2n) is 9.57. The fourth-order valence-corrected chi connectivity index (χ4v) is 4.00. The predicted molar refractivity (Wildman–Crippen MR) is 132 cm³/mol. The minimum atomic E-state index is -1.34. The summed E-state index contributed by atoms with van der Waals surface area (Å²) in [6.07, 6.45) is -0.297. The predicted octanol–water partition coefficient (Wildman–Crippen LogP) is 1.53. The molecule has 12 nitrogen and oxygen atoms in total. The van der Waals surface area contributed by atoms with E-state index in [1.54, 1.807) is 52.3 Å². The number of nitrogens with one attached hydrogen (secondary N) is 1. The van der Waals surface area contributed by atoms with Gasteiger partial charge in [-0.15, -0.1) is 0 Å². The van der Waals surface area contributed by atoms with Gasteiger partial charge in [0.1, 0.15) is 29.5 Å². The largest absolute Gasteiger partial charge is 0.497 e. The van der Waals surface area contributed by atoms with Gasteiger partial charge >= 0.3 is 12.1 Å². The Hall–Kier alpha value is -4.09. The lowest BCUT2D eigenvalue weighted by Crippen LogP contribution is -2.54. The van der Waals surface area contributed by atoms with E-state index in [0.717, 1.165) is 17.9 Å². The molecule has 3 N–H and O–H groups in total. The number of carbonyl (C=O) groups excluding carboxylic acids is 4. The van der Waals surface area contributed by atoms with Crippen LogP contribution >= 0.6 is 0 Å². The van der Waals surface area contributed by atoms with Crippen LogP contribution in [0.3, 0.4) is 0 Å². The van der Waals surface area contributed by atoms with Gasteiger partial charge in [0, 0.05) is 18.0 Å². The molecular formula is C25H32N4O8. The topological polar surface area (TPSA) is 159 Å². The monoisotopic (exact) mass is 516 g/mol. The Bertz CT molecular complexity index is 1180. The van der Waals surface area contributed by atoms with Gasteiger partial charge in [-0.25, -0.2) is 9.78 Å². The smallest absolute Gasteiger partial charge is 0.408 e. The third-order valence-electron chi connectivity index (χ3n) is 5.68. The summed E-state index contributed by atoms with van der Waals surface area (Å²) >= 11 is 0.